The highest BCUT2D eigenvalue weighted by Gasteiger charge is 2.27. The lowest BCUT2D eigenvalue weighted by Crippen LogP contribution is -2.53. The predicted octanol–water partition coefficient (Wildman–Crippen LogP) is 1.34. The quantitative estimate of drug-likeness (QED) is 0.251. The zero-order valence-corrected chi connectivity index (χ0v) is 20.9. The van der Waals surface area contributed by atoms with E-state index in [9.17, 15) is 28.8 Å². The van der Waals surface area contributed by atoms with Crippen molar-refractivity contribution in [1.29, 1.82) is 0 Å². The summed E-state index contributed by atoms with van der Waals surface area (Å²) >= 11 is 0. The van der Waals surface area contributed by atoms with E-state index in [4.69, 9.17) is 9.84 Å². The summed E-state index contributed by atoms with van der Waals surface area (Å²) in [6.45, 7) is 6.18. The van der Waals surface area contributed by atoms with Crippen LogP contribution in [0.3, 0.4) is 0 Å². The second kappa shape index (κ2) is 15.1. The van der Waals surface area contributed by atoms with E-state index >= 15 is 0 Å². The zero-order chi connectivity index (χ0) is 27.3. The smallest absolute Gasteiger partial charge is 0.407 e. The fourth-order valence-corrected chi connectivity index (χ4v) is 2.88. The number of carboxylic acid groups (broad SMARTS) is 1. The Bertz CT molecular complexity index is 946. The fourth-order valence-electron chi connectivity index (χ4n) is 2.88. The molecule has 0 heterocycles. The largest absolute Gasteiger partial charge is 0.481 e. The average Bonchev–Trinajstić information content (AvgIpc) is 2.80. The van der Waals surface area contributed by atoms with Crippen LogP contribution in [-0.2, 0) is 35.3 Å². The molecule has 0 aliphatic carbocycles. The van der Waals surface area contributed by atoms with Gasteiger partial charge in [0.05, 0.1) is 6.54 Å². The van der Waals surface area contributed by atoms with Gasteiger partial charge in [0.15, 0.2) is 0 Å². The minimum Gasteiger partial charge on any atom is -0.481 e. The lowest BCUT2D eigenvalue weighted by Gasteiger charge is -2.24. The number of ketones is 1. The van der Waals surface area contributed by atoms with Crippen LogP contribution in [0.15, 0.2) is 24.3 Å². The highest BCUT2D eigenvalue weighted by atomic mass is 16.5. The third-order valence-corrected chi connectivity index (χ3v) is 4.89. The van der Waals surface area contributed by atoms with Crippen LogP contribution in [0, 0.1) is 5.92 Å². The number of ether oxygens (including phenoxy) is 1. The van der Waals surface area contributed by atoms with Crippen molar-refractivity contribution in [1.82, 2.24) is 16.0 Å². The Kier molecular flexibility index (Phi) is 12.6. The molecular weight excluding hydrogens is 472 g/mol. The summed E-state index contributed by atoms with van der Waals surface area (Å²) in [6.07, 6.45) is -0.732. The number of Topliss-reactive ketones (excluding diaryl/α,β-unsaturated/α-hetero) is 1. The molecule has 0 radical (unpaired) electrons. The number of alkyl carbamates (subject to hydrolysis) is 1. The van der Waals surface area contributed by atoms with Crippen molar-refractivity contribution < 1.29 is 38.6 Å². The summed E-state index contributed by atoms with van der Waals surface area (Å²) in [6, 6.07) is 4.71. The van der Waals surface area contributed by atoms with E-state index in [0.29, 0.717) is 11.3 Å². The summed E-state index contributed by atoms with van der Waals surface area (Å²) in [4.78, 5) is 70.2. The molecule has 0 unspecified atom stereocenters. The lowest BCUT2D eigenvalue weighted by atomic mass is 10.0. The van der Waals surface area contributed by atoms with Gasteiger partial charge in [-0.3, -0.25) is 24.0 Å². The maximum atomic E-state index is 12.7. The van der Waals surface area contributed by atoms with Gasteiger partial charge < -0.3 is 31.1 Å². The molecule has 12 nitrogen and oxygen atoms in total. The SMILES string of the molecule is CC(=O)CNC(=O)OCc1ccc(NC(=O)[C@H](C)NC(=O)[C@@H](NC(=O)CCCC(=O)O)C(C)C)cc1. The maximum absolute atomic E-state index is 12.7. The number of carboxylic acids is 1. The second-order valence-corrected chi connectivity index (χ2v) is 8.58. The first-order chi connectivity index (χ1) is 16.9. The minimum atomic E-state index is -1.00. The molecule has 2 atom stereocenters. The molecule has 198 valence electrons. The van der Waals surface area contributed by atoms with Crippen molar-refractivity contribution in [2.75, 3.05) is 11.9 Å². The van der Waals surface area contributed by atoms with Crippen LogP contribution < -0.4 is 21.3 Å². The van der Waals surface area contributed by atoms with Crippen molar-refractivity contribution in [2.45, 2.75) is 65.6 Å². The highest BCUT2D eigenvalue weighted by Crippen LogP contribution is 2.11. The first-order valence-electron chi connectivity index (χ1n) is 11.5. The van der Waals surface area contributed by atoms with Gasteiger partial charge in [0.2, 0.25) is 17.7 Å². The molecule has 0 bridgehead atoms. The number of rotatable bonds is 14. The molecule has 36 heavy (non-hydrogen) atoms. The highest BCUT2D eigenvalue weighted by molar-refractivity contribution is 5.98. The number of amides is 4. The molecule has 0 fully saturated rings. The standard InChI is InChI=1S/C24H34N4O8/c1-14(2)21(28-19(30)6-5-7-20(31)32)23(34)26-16(4)22(33)27-18-10-8-17(9-11-18)13-36-24(35)25-12-15(3)29/h8-11,14,16,21H,5-7,12-13H2,1-4H3,(H,25,35)(H,26,34)(H,27,33)(H,28,30)(H,31,32)/t16-,21-/m0/s1. The van der Waals surface area contributed by atoms with Crippen molar-refractivity contribution in [3.05, 3.63) is 29.8 Å². The van der Waals surface area contributed by atoms with E-state index in [-0.39, 0.29) is 44.1 Å². The van der Waals surface area contributed by atoms with E-state index in [1.54, 1.807) is 38.1 Å². The van der Waals surface area contributed by atoms with Crippen LogP contribution in [0.1, 0.15) is 52.5 Å². The van der Waals surface area contributed by atoms with Gasteiger partial charge in [-0.2, -0.15) is 0 Å². The van der Waals surface area contributed by atoms with Crippen molar-refractivity contribution in [2.24, 2.45) is 5.92 Å². The molecular formula is C24H34N4O8. The predicted molar refractivity (Wildman–Crippen MR) is 130 cm³/mol. The van der Waals surface area contributed by atoms with Crippen LogP contribution in [0.25, 0.3) is 0 Å². The molecule has 0 saturated carbocycles. The summed E-state index contributed by atoms with van der Waals surface area (Å²) in [5, 5.41) is 18.8. The third-order valence-electron chi connectivity index (χ3n) is 4.89. The molecule has 1 aromatic rings. The number of carbonyl (C=O) groups excluding carboxylic acids is 5. The third kappa shape index (κ3) is 12.0. The van der Waals surface area contributed by atoms with Gasteiger partial charge >= 0.3 is 12.1 Å². The number of carbonyl (C=O) groups is 6. The molecule has 1 rings (SSSR count). The van der Waals surface area contributed by atoms with E-state index in [1.165, 1.54) is 13.8 Å². The zero-order valence-electron chi connectivity index (χ0n) is 20.9. The lowest BCUT2D eigenvalue weighted by molar-refractivity contribution is -0.137. The Balaban J connectivity index is 2.56. The van der Waals surface area contributed by atoms with Crippen molar-refractivity contribution >= 4 is 41.3 Å². The maximum Gasteiger partial charge on any atom is 0.407 e. The molecule has 12 heteroatoms. The van der Waals surface area contributed by atoms with Crippen LogP contribution in [0.2, 0.25) is 0 Å². The number of anilines is 1. The molecule has 0 saturated heterocycles. The van der Waals surface area contributed by atoms with E-state index < -0.39 is 41.9 Å². The first kappa shape index (κ1) is 30.1. The van der Waals surface area contributed by atoms with Crippen LogP contribution >= 0.6 is 0 Å². The summed E-state index contributed by atoms with van der Waals surface area (Å²) in [5.74, 6) is -2.92. The number of nitrogens with one attached hydrogen (secondary N) is 4. The molecule has 5 N–H and O–H groups in total. The number of benzene rings is 1. The molecule has 1 aromatic carbocycles. The Labute approximate surface area is 209 Å². The van der Waals surface area contributed by atoms with Crippen LogP contribution in [-0.4, -0.2) is 59.3 Å². The van der Waals surface area contributed by atoms with Gasteiger partial charge in [-0.05, 0) is 43.9 Å². The van der Waals surface area contributed by atoms with Crippen LogP contribution in [0.4, 0.5) is 10.5 Å². The van der Waals surface area contributed by atoms with Gasteiger partial charge in [-0.15, -0.1) is 0 Å². The first-order valence-corrected chi connectivity index (χ1v) is 11.5. The Morgan fingerprint density at radius 3 is 2.11 bits per heavy atom. The number of hydrogen-bond acceptors (Lipinski definition) is 7. The van der Waals surface area contributed by atoms with E-state index in [2.05, 4.69) is 21.3 Å². The van der Waals surface area contributed by atoms with Gasteiger partial charge in [-0.1, -0.05) is 26.0 Å². The minimum absolute atomic E-state index is 0.0248. The van der Waals surface area contributed by atoms with Gasteiger partial charge in [0, 0.05) is 18.5 Å². The summed E-state index contributed by atoms with van der Waals surface area (Å²) < 4.78 is 4.99. The average molecular weight is 507 g/mol. The summed E-state index contributed by atoms with van der Waals surface area (Å²) in [5.41, 5.74) is 1.12. The monoisotopic (exact) mass is 506 g/mol. The Hall–Kier alpha value is -3.96. The van der Waals surface area contributed by atoms with Crippen molar-refractivity contribution in [3.8, 4) is 0 Å². The molecule has 0 aromatic heterocycles. The number of hydrogen-bond donors (Lipinski definition) is 5. The van der Waals surface area contributed by atoms with Crippen molar-refractivity contribution in [3.63, 3.8) is 0 Å². The Morgan fingerprint density at radius 1 is 0.917 bits per heavy atom. The fraction of sp³-hybridized carbons (Fsp3) is 0.500. The van der Waals surface area contributed by atoms with Gasteiger partial charge in [0.1, 0.15) is 24.5 Å². The Morgan fingerprint density at radius 2 is 1.56 bits per heavy atom. The molecule has 0 spiro atoms. The summed E-state index contributed by atoms with van der Waals surface area (Å²) in [7, 11) is 0. The molecule has 0 aliphatic heterocycles. The van der Waals surface area contributed by atoms with Gasteiger partial charge in [0.25, 0.3) is 0 Å². The van der Waals surface area contributed by atoms with E-state index in [0.717, 1.165) is 0 Å². The van der Waals surface area contributed by atoms with Crippen LogP contribution in [0.5, 0.6) is 0 Å². The topological polar surface area (TPSA) is 180 Å². The molecule has 0 aliphatic rings. The van der Waals surface area contributed by atoms with Gasteiger partial charge in [-0.25, -0.2) is 4.79 Å². The second-order valence-electron chi connectivity index (χ2n) is 8.58. The number of aliphatic carboxylic acids is 1. The van der Waals surface area contributed by atoms with E-state index in [1.807, 2.05) is 0 Å². The normalized spacial score (nSPS) is 12.1. The molecule has 4 amide bonds.